The molecule has 0 unspecified atom stereocenters. The van der Waals surface area contributed by atoms with Crippen LogP contribution in [0.2, 0.25) is 0 Å². The van der Waals surface area contributed by atoms with Gasteiger partial charge in [-0.15, -0.1) is 0 Å². The summed E-state index contributed by atoms with van der Waals surface area (Å²) in [5.74, 6) is 1.53. The van der Waals surface area contributed by atoms with E-state index in [0.29, 0.717) is 4.48 Å². The average molecular weight is 227 g/mol. The predicted molar refractivity (Wildman–Crippen MR) is 49.6 cm³/mol. The van der Waals surface area contributed by atoms with Crippen LogP contribution in [-0.4, -0.2) is 6.29 Å². The van der Waals surface area contributed by atoms with Gasteiger partial charge in [0.15, 0.2) is 11.5 Å². The molecular formula is C9H7BrO2. The summed E-state index contributed by atoms with van der Waals surface area (Å²) in [5, 5.41) is 0. The van der Waals surface area contributed by atoms with Gasteiger partial charge in [0, 0.05) is 0 Å². The Kier molecular flexibility index (Phi) is 1.81. The maximum Gasteiger partial charge on any atom is 0.273 e. The van der Waals surface area contributed by atoms with Gasteiger partial charge < -0.3 is 9.47 Å². The Morgan fingerprint density at radius 2 is 1.75 bits per heavy atom. The molecule has 0 atom stereocenters. The fourth-order valence-corrected chi connectivity index (χ4v) is 1.21. The molecule has 0 fully saturated rings. The van der Waals surface area contributed by atoms with Crippen LogP contribution in [0.1, 0.15) is 0 Å². The van der Waals surface area contributed by atoms with E-state index in [4.69, 9.17) is 9.47 Å². The van der Waals surface area contributed by atoms with Gasteiger partial charge in [-0.25, -0.2) is 0 Å². The molecule has 1 aliphatic rings. The van der Waals surface area contributed by atoms with Crippen LogP contribution in [0.15, 0.2) is 35.3 Å². The highest BCUT2D eigenvalue weighted by molar-refractivity contribution is 9.11. The highest BCUT2D eigenvalue weighted by Gasteiger charge is 2.24. The zero-order valence-electron chi connectivity index (χ0n) is 6.29. The third-order valence-corrected chi connectivity index (χ3v) is 1.95. The molecule has 2 rings (SSSR count). The molecule has 0 amide bonds. The summed E-state index contributed by atoms with van der Waals surface area (Å²) in [7, 11) is 0. The van der Waals surface area contributed by atoms with Gasteiger partial charge in [0.2, 0.25) is 0 Å². The van der Waals surface area contributed by atoms with Gasteiger partial charge in [-0.2, -0.15) is 0 Å². The first-order chi connectivity index (χ1) is 5.77. The molecule has 0 aromatic heterocycles. The first-order valence-corrected chi connectivity index (χ1v) is 4.33. The van der Waals surface area contributed by atoms with Crippen molar-refractivity contribution in [2.75, 3.05) is 0 Å². The van der Waals surface area contributed by atoms with E-state index < -0.39 is 0 Å². The van der Waals surface area contributed by atoms with Gasteiger partial charge in [0.25, 0.3) is 6.29 Å². The van der Waals surface area contributed by atoms with Crippen LogP contribution >= 0.6 is 15.9 Å². The number of hydrogen-bond donors (Lipinski definition) is 0. The average Bonchev–Trinajstić information content (AvgIpc) is 2.46. The van der Waals surface area contributed by atoms with E-state index in [1.165, 1.54) is 0 Å². The van der Waals surface area contributed by atoms with E-state index in [0.717, 1.165) is 11.5 Å². The Morgan fingerprint density at radius 1 is 1.25 bits per heavy atom. The van der Waals surface area contributed by atoms with Gasteiger partial charge in [-0.05, 0) is 28.1 Å². The van der Waals surface area contributed by atoms with E-state index in [1.54, 1.807) is 0 Å². The summed E-state index contributed by atoms with van der Waals surface area (Å²) >= 11 is 3.22. The van der Waals surface area contributed by atoms with Crippen molar-refractivity contribution in [3.63, 3.8) is 0 Å². The minimum Gasteiger partial charge on any atom is -0.446 e. The van der Waals surface area contributed by atoms with Crippen molar-refractivity contribution < 1.29 is 9.47 Å². The number of benzene rings is 1. The highest BCUT2D eigenvalue weighted by atomic mass is 79.9. The summed E-state index contributed by atoms with van der Waals surface area (Å²) in [6, 6.07) is 7.54. The van der Waals surface area contributed by atoms with Gasteiger partial charge in [-0.3, -0.25) is 0 Å². The summed E-state index contributed by atoms with van der Waals surface area (Å²) < 4.78 is 11.5. The second-order valence-corrected chi connectivity index (χ2v) is 3.48. The molecule has 0 aliphatic carbocycles. The number of rotatable bonds is 1. The quantitative estimate of drug-likeness (QED) is 0.734. The minimum atomic E-state index is -0.387. The van der Waals surface area contributed by atoms with E-state index in [1.807, 2.05) is 24.3 Å². The standard InChI is InChI=1S/C9H7BrO2/c1-6(10)9-11-7-4-2-3-5-8(7)12-9/h2-5,9H,1H2. The monoisotopic (exact) mass is 226 g/mol. The summed E-state index contributed by atoms with van der Waals surface area (Å²) in [6.45, 7) is 3.69. The molecular weight excluding hydrogens is 220 g/mol. The molecule has 0 saturated heterocycles. The second kappa shape index (κ2) is 2.83. The molecule has 0 spiro atoms. The number of fused-ring (bicyclic) bond motifs is 1. The first kappa shape index (κ1) is 7.68. The predicted octanol–water partition coefficient (Wildman–Crippen LogP) is 2.69. The Bertz CT molecular complexity index is 297. The van der Waals surface area contributed by atoms with E-state index in [9.17, 15) is 0 Å². The fraction of sp³-hybridized carbons (Fsp3) is 0.111. The molecule has 1 aromatic rings. The molecule has 0 radical (unpaired) electrons. The third kappa shape index (κ3) is 1.20. The highest BCUT2D eigenvalue weighted by Crippen LogP contribution is 2.36. The van der Waals surface area contributed by atoms with E-state index >= 15 is 0 Å². The molecule has 1 heterocycles. The van der Waals surface area contributed by atoms with Crippen LogP contribution < -0.4 is 9.47 Å². The maximum atomic E-state index is 5.40. The van der Waals surface area contributed by atoms with Crippen LogP contribution in [0.3, 0.4) is 0 Å². The number of hydrogen-bond acceptors (Lipinski definition) is 2. The maximum absolute atomic E-state index is 5.40. The molecule has 62 valence electrons. The lowest BCUT2D eigenvalue weighted by Gasteiger charge is -2.06. The Balaban J connectivity index is 2.27. The van der Waals surface area contributed by atoms with E-state index in [-0.39, 0.29) is 6.29 Å². The molecule has 0 N–H and O–H groups in total. The van der Waals surface area contributed by atoms with Crippen molar-refractivity contribution in [2.45, 2.75) is 6.29 Å². The zero-order chi connectivity index (χ0) is 8.55. The molecule has 0 saturated carbocycles. The molecule has 3 heteroatoms. The van der Waals surface area contributed by atoms with Crippen LogP contribution in [-0.2, 0) is 0 Å². The number of para-hydroxylation sites is 2. The SMILES string of the molecule is C=C(Br)C1Oc2ccccc2O1. The zero-order valence-corrected chi connectivity index (χ0v) is 7.87. The van der Waals surface area contributed by atoms with E-state index in [2.05, 4.69) is 22.5 Å². The Hall–Kier alpha value is -0.960. The number of ether oxygens (including phenoxy) is 2. The van der Waals surface area contributed by atoms with Crippen molar-refractivity contribution in [2.24, 2.45) is 0 Å². The van der Waals surface area contributed by atoms with Crippen molar-refractivity contribution in [3.8, 4) is 11.5 Å². The molecule has 12 heavy (non-hydrogen) atoms. The van der Waals surface area contributed by atoms with Crippen molar-refractivity contribution >= 4 is 15.9 Å². The lowest BCUT2D eigenvalue weighted by atomic mass is 10.3. The summed E-state index contributed by atoms with van der Waals surface area (Å²) in [6.07, 6.45) is -0.387. The normalized spacial score (nSPS) is 14.8. The van der Waals surface area contributed by atoms with Crippen LogP contribution in [0.5, 0.6) is 11.5 Å². The summed E-state index contributed by atoms with van der Waals surface area (Å²) in [4.78, 5) is 0. The van der Waals surface area contributed by atoms with Crippen LogP contribution in [0.25, 0.3) is 0 Å². The van der Waals surface area contributed by atoms with Gasteiger partial charge in [0.1, 0.15) is 0 Å². The molecule has 1 aromatic carbocycles. The smallest absolute Gasteiger partial charge is 0.273 e. The topological polar surface area (TPSA) is 18.5 Å². The lowest BCUT2D eigenvalue weighted by molar-refractivity contribution is 0.0927. The van der Waals surface area contributed by atoms with Crippen molar-refractivity contribution in [1.82, 2.24) is 0 Å². The second-order valence-electron chi connectivity index (χ2n) is 2.46. The van der Waals surface area contributed by atoms with Gasteiger partial charge in [0.05, 0.1) is 4.48 Å². The van der Waals surface area contributed by atoms with Crippen LogP contribution in [0, 0.1) is 0 Å². The number of halogens is 1. The Labute approximate surface area is 78.9 Å². The van der Waals surface area contributed by atoms with Gasteiger partial charge in [-0.1, -0.05) is 18.7 Å². The van der Waals surface area contributed by atoms with Crippen molar-refractivity contribution in [1.29, 1.82) is 0 Å². The first-order valence-electron chi connectivity index (χ1n) is 3.54. The third-order valence-electron chi connectivity index (χ3n) is 1.57. The summed E-state index contributed by atoms with van der Waals surface area (Å²) in [5.41, 5.74) is 0. The minimum absolute atomic E-state index is 0.387. The largest absolute Gasteiger partial charge is 0.446 e. The molecule has 2 nitrogen and oxygen atoms in total. The molecule has 0 bridgehead atoms. The van der Waals surface area contributed by atoms with Crippen LogP contribution in [0.4, 0.5) is 0 Å². The fourth-order valence-electron chi connectivity index (χ4n) is 1.03. The van der Waals surface area contributed by atoms with Gasteiger partial charge >= 0.3 is 0 Å². The van der Waals surface area contributed by atoms with Crippen molar-refractivity contribution in [3.05, 3.63) is 35.3 Å². The molecule has 1 aliphatic heterocycles. The lowest BCUT2D eigenvalue weighted by Crippen LogP contribution is -2.16. The Morgan fingerprint density at radius 3 is 2.17 bits per heavy atom.